The van der Waals surface area contributed by atoms with E-state index in [0.29, 0.717) is 37.3 Å². The summed E-state index contributed by atoms with van der Waals surface area (Å²) in [6.07, 6.45) is 5.54. The van der Waals surface area contributed by atoms with Crippen molar-refractivity contribution in [1.82, 2.24) is 4.90 Å². The number of hydrogen-bond donors (Lipinski definition) is 0. The van der Waals surface area contributed by atoms with Crippen LogP contribution in [0.5, 0.6) is 0 Å². The molecule has 0 bridgehead atoms. The highest BCUT2D eigenvalue weighted by atomic mass is 32.2. The third-order valence-corrected chi connectivity index (χ3v) is 8.72. The second-order valence-corrected chi connectivity index (χ2v) is 11.4. The first-order chi connectivity index (χ1) is 12.4. The number of hydrogen-bond acceptors (Lipinski definition) is 4. The van der Waals surface area contributed by atoms with Crippen LogP contribution in [0.3, 0.4) is 0 Å². The Balaban J connectivity index is 1.26. The van der Waals surface area contributed by atoms with E-state index >= 15 is 0 Å². The van der Waals surface area contributed by atoms with E-state index in [1.54, 1.807) is 0 Å². The van der Waals surface area contributed by atoms with Crippen LogP contribution >= 0.6 is 0 Å². The quantitative estimate of drug-likeness (QED) is 0.791. The SMILES string of the molecule is C[C@@H]1C[C@H]1c1ccc(CN(C(=O)[C@@H]2CC23CCS(=O)(=O)CC3)C2CC2)o1. The molecular weight excluding hydrogens is 350 g/mol. The van der Waals surface area contributed by atoms with Gasteiger partial charge in [0.05, 0.1) is 18.1 Å². The maximum absolute atomic E-state index is 13.2. The van der Waals surface area contributed by atoms with Crippen LogP contribution in [0.4, 0.5) is 0 Å². The summed E-state index contributed by atoms with van der Waals surface area (Å²) in [5.74, 6) is 3.98. The molecule has 1 aromatic rings. The highest BCUT2D eigenvalue weighted by Gasteiger charge is 2.61. The Hall–Kier alpha value is -1.30. The van der Waals surface area contributed by atoms with Crippen LogP contribution < -0.4 is 0 Å². The Morgan fingerprint density at radius 3 is 2.58 bits per heavy atom. The van der Waals surface area contributed by atoms with Crippen molar-refractivity contribution in [3.63, 3.8) is 0 Å². The fourth-order valence-electron chi connectivity index (χ4n) is 4.73. The summed E-state index contributed by atoms with van der Waals surface area (Å²) in [6, 6.07) is 4.45. The molecule has 3 saturated carbocycles. The zero-order valence-electron chi connectivity index (χ0n) is 15.3. The molecule has 0 radical (unpaired) electrons. The van der Waals surface area contributed by atoms with Gasteiger partial charge in [0.15, 0.2) is 0 Å². The Bertz CT molecular complexity index is 824. The molecule has 5 nitrogen and oxygen atoms in total. The minimum Gasteiger partial charge on any atom is -0.464 e. The van der Waals surface area contributed by atoms with Crippen molar-refractivity contribution in [3.8, 4) is 0 Å². The standard InChI is InChI=1S/C20H27NO4S/c1-13-10-16(13)18-5-4-15(25-18)12-21(14-2-3-14)19(22)17-11-20(17)6-8-26(23,24)9-7-20/h4-5,13-14,16-17H,2-3,6-12H2,1H3/t13-,16-,17+/m1/s1. The molecular formula is C20H27NO4S. The summed E-state index contributed by atoms with van der Waals surface area (Å²) in [5.41, 5.74) is -0.0344. The third-order valence-electron chi connectivity index (χ3n) is 7.06. The molecule has 1 aliphatic heterocycles. The molecule has 0 unspecified atom stereocenters. The minimum absolute atomic E-state index is 0.0245. The number of carbonyl (C=O) groups is 1. The van der Waals surface area contributed by atoms with Crippen molar-refractivity contribution in [1.29, 1.82) is 0 Å². The Labute approximate surface area is 155 Å². The Kier molecular flexibility index (Phi) is 3.63. The molecule has 2 heterocycles. The van der Waals surface area contributed by atoms with E-state index in [-0.39, 0.29) is 28.7 Å². The van der Waals surface area contributed by atoms with E-state index in [4.69, 9.17) is 4.42 Å². The van der Waals surface area contributed by atoms with E-state index < -0.39 is 9.84 Å². The van der Waals surface area contributed by atoms with Crippen LogP contribution in [-0.2, 0) is 21.2 Å². The van der Waals surface area contributed by atoms with E-state index in [1.807, 2.05) is 11.0 Å². The molecule has 3 atom stereocenters. The third kappa shape index (κ3) is 3.00. The van der Waals surface area contributed by atoms with E-state index in [1.165, 1.54) is 6.42 Å². The van der Waals surface area contributed by atoms with Gasteiger partial charge in [-0.15, -0.1) is 0 Å². The second-order valence-electron chi connectivity index (χ2n) is 9.09. The number of sulfone groups is 1. The van der Waals surface area contributed by atoms with Gasteiger partial charge in [0, 0.05) is 17.9 Å². The molecule has 0 aromatic carbocycles. The molecule has 5 rings (SSSR count). The highest BCUT2D eigenvalue weighted by Crippen LogP contribution is 2.61. The van der Waals surface area contributed by atoms with Crippen molar-refractivity contribution in [2.75, 3.05) is 11.5 Å². The van der Waals surface area contributed by atoms with Crippen LogP contribution in [0, 0.1) is 17.3 Å². The first-order valence-corrected chi connectivity index (χ1v) is 11.8. The summed E-state index contributed by atoms with van der Waals surface area (Å²) < 4.78 is 29.5. The predicted octanol–water partition coefficient (Wildman–Crippen LogP) is 3.11. The zero-order chi connectivity index (χ0) is 18.1. The first-order valence-electron chi connectivity index (χ1n) is 9.96. The van der Waals surface area contributed by atoms with Crippen molar-refractivity contribution in [2.24, 2.45) is 17.3 Å². The topological polar surface area (TPSA) is 67.6 Å². The number of rotatable bonds is 5. The van der Waals surface area contributed by atoms with Crippen molar-refractivity contribution < 1.29 is 17.6 Å². The fourth-order valence-corrected chi connectivity index (χ4v) is 6.37. The lowest BCUT2D eigenvalue weighted by Gasteiger charge is -2.26. The molecule has 4 fully saturated rings. The lowest BCUT2D eigenvalue weighted by atomic mass is 9.95. The predicted molar refractivity (Wildman–Crippen MR) is 97.2 cm³/mol. The van der Waals surface area contributed by atoms with E-state index in [9.17, 15) is 13.2 Å². The lowest BCUT2D eigenvalue weighted by Crippen LogP contribution is -2.36. The van der Waals surface area contributed by atoms with E-state index in [0.717, 1.165) is 30.8 Å². The summed E-state index contributed by atoms with van der Waals surface area (Å²) in [4.78, 5) is 15.2. The van der Waals surface area contributed by atoms with Crippen molar-refractivity contribution >= 4 is 15.7 Å². The van der Waals surface area contributed by atoms with Gasteiger partial charge in [-0.1, -0.05) is 6.92 Å². The highest BCUT2D eigenvalue weighted by molar-refractivity contribution is 7.91. The first kappa shape index (κ1) is 16.8. The maximum Gasteiger partial charge on any atom is 0.226 e. The molecule has 1 amide bonds. The summed E-state index contributed by atoms with van der Waals surface area (Å²) >= 11 is 0. The van der Waals surface area contributed by atoms with Gasteiger partial charge in [0.25, 0.3) is 0 Å². The number of nitrogens with zero attached hydrogens (tertiary/aromatic N) is 1. The minimum atomic E-state index is -2.88. The van der Waals surface area contributed by atoms with Gasteiger partial charge in [-0.05, 0) is 62.0 Å². The largest absolute Gasteiger partial charge is 0.464 e. The molecule has 142 valence electrons. The van der Waals surface area contributed by atoms with Crippen LogP contribution in [-0.4, -0.2) is 36.8 Å². The molecule has 1 spiro atoms. The maximum atomic E-state index is 13.2. The smallest absolute Gasteiger partial charge is 0.226 e. The normalized spacial score (nSPS) is 33.8. The Morgan fingerprint density at radius 2 is 1.96 bits per heavy atom. The van der Waals surface area contributed by atoms with E-state index in [2.05, 4.69) is 13.0 Å². The van der Waals surface area contributed by atoms with Gasteiger partial charge in [0.1, 0.15) is 21.4 Å². The van der Waals surface area contributed by atoms with Gasteiger partial charge >= 0.3 is 0 Å². The van der Waals surface area contributed by atoms with Gasteiger partial charge in [-0.3, -0.25) is 4.79 Å². The molecule has 4 aliphatic rings. The lowest BCUT2D eigenvalue weighted by molar-refractivity contribution is -0.135. The summed E-state index contributed by atoms with van der Waals surface area (Å²) in [5, 5.41) is 0. The molecule has 0 N–H and O–H groups in total. The number of carbonyl (C=O) groups excluding carboxylic acids is 1. The summed E-state index contributed by atoms with van der Waals surface area (Å²) in [6.45, 7) is 2.80. The number of furan rings is 1. The van der Waals surface area contributed by atoms with Gasteiger partial charge in [-0.25, -0.2) is 8.42 Å². The molecule has 1 saturated heterocycles. The molecule has 6 heteroatoms. The van der Waals surface area contributed by atoms with Gasteiger partial charge in [-0.2, -0.15) is 0 Å². The van der Waals surface area contributed by atoms with Gasteiger partial charge in [0.2, 0.25) is 5.91 Å². The average molecular weight is 378 g/mol. The molecule has 3 aliphatic carbocycles. The monoisotopic (exact) mass is 377 g/mol. The second kappa shape index (κ2) is 5.60. The Morgan fingerprint density at radius 1 is 1.27 bits per heavy atom. The van der Waals surface area contributed by atoms with Crippen LogP contribution in [0.15, 0.2) is 16.5 Å². The molecule has 1 aromatic heterocycles. The van der Waals surface area contributed by atoms with Crippen LogP contribution in [0.1, 0.15) is 62.9 Å². The average Bonchev–Trinajstić information content (AvgIpc) is 3.52. The fraction of sp³-hybridized carbons (Fsp3) is 0.750. The van der Waals surface area contributed by atoms with Gasteiger partial charge < -0.3 is 9.32 Å². The van der Waals surface area contributed by atoms with Crippen LogP contribution in [0.25, 0.3) is 0 Å². The van der Waals surface area contributed by atoms with Crippen molar-refractivity contribution in [2.45, 2.75) is 64.0 Å². The summed E-state index contributed by atoms with van der Waals surface area (Å²) in [7, 11) is -2.88. The number of amides is 1. The zero-order valence-corrected chi connectivity index (χ0v) is 16.1. The van der Waals surface area contributed by atoms with Crippen molar-refractivity contribution in [3.05, 3.63) is 23.7 Å². The van der Waals surface area contributed by atoms with Crippen LogP contribution in [0.2, 0.25) is 0 Å². The molecule has 26 heavy (non-hydrogen) atoms.